The first-order valence-corrected chi connectivity index (χ1v) is 6.77. The highest BCUT2D eigenvalue weighted by Gasteiger charge is 2.79. The molecular weight excluding hydrogens is 212 g/mol. The normalized spacial score (nSPS) is 51.7. The smallest absolute Gasteiger partial charge is 0.153 e. The van der Waals surface area contributed by atoms with Crippen LogP contribution in [0.4, 0.5) is 0 Å². The summed E-state index contributed by atoms with van der Waals surface area (Å²) in [6.45, 7) is 4.42. The summed E-state index contributed by atoms with van der Waals surface area (Å²) in [5.74, 6) is 1.72. The second-order valence-electron chi connectivity index (χ2n) is 6.03. The fourth-order valence-electron chi connectivity index (χ4n) is 4.97. The SMILES string of the molecule is CC1(C)C2CC(=O)C3CC2(CS(=O)O)C31. The van der Waals surface area contributed by atoms with E-state index in [1.165, 1.54) is 0 Å². The molecule has 0 radical (unpaired) electrons. The van der Waals surface area contributed by atoms with Crippen LogP contribution in [0.3, 0.4) is 0 Å². The van der Waals surface area contributed by atoms with Crippen molar-refractivity contribution in [3.8, 4) is 0 Å². The minimum atomic E-state index is -1.71. The van der Waals surface area contributed by atoms with Crippen LogP contribution in [0.15, 0.2) is 0 Å². The molecule has 3 nitrogen and oxygen atoms in total. The van der Waals surface area contributed by atoms with Crippen LogP contribution in [0.5, 0.6) is 0 Å². The summed E-state index contributed by atoms with van der Waals surface area (Å²) in [4.78, 5) is 11.7. The number of fused-ring (bicyclic) bond motifs is 1. The van der Waals surface area contributed by atoms with Gasteiger partial charge in [-0.1, -0.05) is 13.8 Å². The van der Waals surface area contributed by atoms with Crippen LogP contribution in [0.1, 0.15) is 26.7 Å². The average Bonchev–Trinajstić information content (AvgIpc) is 2.04. The Hall–Kier alpha value is -0.220. The lowest BCUT2D eigenvalue weighted by atomic mass is 9.24. The minimum Gasteiger partial charge on any atom is -0.306 e. The molecule has 0 aromatic heterocycles. The van der Waals surface area contributed by atoms with Gasteiger partial charge in [-0.25, -0.2) is 4.21 Å². The lowest BCUT2D eigenvalue weighted by Gasteiger charge is -2.79. The molecule has 0 amide bonds. The van der Waals surface area contributed by atoms with Crippen LogP contribution < -0.4 is 0 Å². The Labute approximate surface area is 91.9 Å². The summed E-state index contributed by atoms with van der Waals surface area (Å²) in [7, 11) is 0. The molecule has 0 heterocycles. The fraction of sp³-hybridized carbons (Fsp3) is 0.909. The highest BCUT2D eigenvalue weighted by molar-refractivity contribution is 7.79. The first kappa shape index (κ1) is 9.97. The molecule has 15 heavy (non-hydrogen) atoms. The molecule has 4 aliphatic carbocycles. The van der Waals surface area contributed by atoms with Gasteiger partial charge < -0.3 is 4.55 Å². The van der Waals surface area contributed by atoms with Crippen molar-refractivity contribution >= 4 is 16.9 Å². The molecule has 0 aliphatic heterocycles. The van der Waals surface area contributed by atoms with Gasteiger partial charge in [-0.3, -0.25) is 4.79 Å². The molecule has 0 aromatic carbocycles. The molecule has 5 atom stereocenters. The second kappa shape index (κ2) is 2.54. The molecule has 0 aromatic rings. The largest absolute Gasteiger partial charge is 0.306 e. The zero-order valence-electron chi connectivity index (χ0n) is 9.03. The van der Waals surface area contributed by atoms with Crippen molar-refractivity contribution in [2.24, 2.45) is 28.6 Å². The first-order chi connectivity index (χ1) is 6.89. The third-order valence-corrected chi connectivity index (χ3v) is 6.01. The fourth-order valence-corrected chi connectivity index (χ4v) is 5.93. The van der Waals surface area contributed by atoms with Gasteiger partial charge in [0.2, 0.25) is 0 Å². The van der Waals surface area contributed by atoms with Crippen LogP contribution >= 0.6 is 0 Å². The van der Waals surface area contributed by atoms with Crippen molar-refractivity contribution in [3.63, 3.8) is 0 Å². The van der Waals surface area contributed by atoms with Gasteiger partial charge in [0.25, 0.3) is 0 Å². The Kier molecular flexibility index (Phi) is 1.69. The molecular formula is C11H16O3S. The first-order valence-electron chi connectivity index (χ1n) is 5.50. The third-order valence-electron chi connectivity index (χ3n) is 5.23. The highest BCUT2D eigenvalue weighted by atomic mass is 32.2. The maximum atomic E-state index is 11.7. The summed E-state index contributed by atoms with van der Waals surface area (Å²) < 4.78 is 20.0. The standard InChI is InChI=1S/C11H16O3S/c1-10(2)8-3-7(12)6-4-11(8,9(6)10)5-15(13)14/h6,8-9H,3-5H2,1-2H3,(H,13,14). The number of ketones is 1. The van der Waals surface area contributed by atoms with Gasteiger partial charge in [0.15, 0.2) is 11.1 Å². The van der Waals surface area contributed by atoms with E-state index < -0.39 is 11.1 Å². The van der Waals surface area contributed by atoms with Gasteiger partial charge in [-0.15, -0.1) is 0 Å². The number of hydrogen-bond acceptors (Lipinski definition) is 2. The number of Topliss-reactive ketones (excluding diaryl/α,β-unsaturated/α-hetero) is 1. The molecule has 84 valence electrons. The van der Waals surface area contributed by atoms with Crippen molar-refractivity contribution < 1.29 is 13.6 Å². The van der Waals surface area contributed by atoms with Crippen molar-refractivity contribution in [2.45, 2.75) is 26.7 Å². The molecule has 1 N–H and O–H groups in total. The van der Waals surface area contributed by atoms with Crippen molar-refractivity contribution in [1.29, 1.82) is 0 Å². The molecule has 4 bridgehead atoms. The van der Waals surface area contributed by atoms with E-state index in [4.69, 9.17) is 4.55 Å². The van der Waals surface area contributed by atoms with E-state index in [1.54, 1.807) is 0 Å². The van der Waals surface area contributed by atoms with E-state index in [0.717, 1.165) is 6.42 Å². The molecule has 4 saturated carbocycles. The van der Waals surface area contributed by atoms with Gasteiger partial charge in [0.05, 0.1) is 5.75 Å². The second-order valence-corrected chi connectivity index (χ2v) is 6.96. The number of carbonyl (C=O) groups excluding carboxylic acids is 1. The van der Waals surface area contributed by atoms with Gasteiger partial charge in [0, 0.05) is 12.3 Å². The average molecular weight is 228 g/mol. The van der Waals surface area contributed by atoms with E-state index in [2.05, 4.69) is 13.8 Å². The summed E-state index contributed by atoms with van der Waals surface area (Å²) in [5.41, 5.74) is 0.262. The number of rotatable bonds is 2. The molecule has 5 unspecified atom stereocenters. The van der Waals surface area contributed by atoms with Crippen molar-refractivity contribution in [3.05, 3.63) is 0 Å². The van der Waals surface area contributed by atoms with Gasteiger partial charge in [-0.05, 0) is 29.1 Å². The third kappa shape index (κ3) is 0.912. The van der Waals surface area contributed by atoms with E-state index in [9.17, 15) is 9.00 Å². The summed E-state index contributed by atoms with van der Waals surface area (Å²) in [6.07, 6.45) is 1.52. The Morgan fingerprint density at radius 1 is 1.53 bits per heavy atom. The lowest BCUT2D eigenvalue weighted by molar-refractivity contribution is -0.292. The zero-order valence-corrected chi connectivity index (χ0v) is 9.84. The highest BCUT2D eigenvalue weighted by Crippen LogP contribution is 2.80. The van der Waals surface area contributed by atoms with Crippen LogP contribution in [0.25, 0.3) is 0 Å². The lowest BCUT2D eigenvalue weighted by Crippen LogP contribution is -2.78. The quantitative estimate of drug-likeness (QED) is 0.728. The zero-order chi connectivity index (χ0) is 11.0. The molecule has 4 rings (SSSR count). The van der Waals surface area contributed by atoms with Crippen LogP contribution in [-0.4, -0.2) is 20.3 Å². The van der Waals surface area contributed by atoms with Crippen LogP contribution in [0, 0.1) is 28.6 Å². The maximum absolute atomic E-state index is 11.7. The van der Waals surface area contributed by atoms with Crippen LogP contribution in [0.2, 0.25) is 0 Å². The van der Waals surface area contributed by atoms with E-state index >= 15 is 0 Å². The number of hydrogen-bond donors (Lipinski definition) is 1. The maximum Gasteiger partial charge on any atom is 0.153 e. The van der Waals surface area contributed by atoms with Crippen molar-refractivity contribution in [1.82, 2.24) is 0 Å². The van der Waals surface area contributed by atoms with Gasteiger partial charge in [-0.2, -0.15) is 0 Å². The predicted octanol–water partition coefficient (Wildman–Crippen LogP) is 1.46. The number of carbonyl (C=O) groups is 1. The van der Waals surface area contributed by atoms with E-state index in [1.807, 2.05) is 0 Å². The summed E-state index contributed by atoms with van der Waals surface area (Å²) in [5, 5.41) is 0. The topological polar surface area (TPSA) is 54.4 Å². The van der Waals surface area contributed by atoms with Gasteiger partial charge in [0.1, 0.15) is 5.78 Å². The Morgan fingerprint density at radius 2 is 2.20 bits per heavy atom. The molecule has 4 fully saturated rings. The monoisotopic (exact) mass is 228 g/mol. The Morgan fingerprint density at radius 3 is 2.67 bits per heavy atom. The van der Waals surface area contributed by atoms with Crippen molar-refractivity contribution in [2.75, 3.05) is 5.75 Å². The van der Waals surface area contributed by atoms with Gasteiger partial charge >= 0.3 is 0 Å². The van der Waals surface area contributed by atoms with E-state index in [-0.39, 0.29) is 16.7 Å². The summed E-state index contributed by atoms with van der Waals surface area (Å²) >= 11 is -1.71. The predicted molar refractivity (Wildman–Crippen MR) is 56.6 cm³/mol. The van der Waals surface area contributed by atoms with E-state index in [0.29, 0.717) is 29.8 Å². The minimum absolute atomic E-state index is 0.0433. The molecule has 0 saturated heterocycles. The molecule has 4 aliphatic rings. The summed E-state index contributed by atoms with van der Waals surface area (Å²) in [6, 6.07) is 0. The van der Waals surface area contributed by atoms with Crippen LogP contribution in [-0.2, 0) is 15.9 Å². The molecule has 0 spiro atoms. The Bertz CT molecular complexity index is 366. The molecule has 4 heteroatoms. The Balaban J connectivity index is 1.93.